The van der Waals surface area contributed by atoms with Gasteiger partial charge in [-0.3, -0.25) is 9.55 Å². The summed E-state index contributed by atoms with van der Waals surface area (Å²) in [6, 6.07) is 8.31. The molecule has 26 heavy (non-hydrogen) atoms. The van der Waals surface area contributed by atoms with Crippen LogP contribution in [0.1, 0.15) is 24.8 Å². The predicted molar refractivity (Wildman–Crippen MR) is 102 cm³/mol. The molecule has 1 aromatic carbocycles. The monoisotopic (exact) mass is 382 g/mol. The van der Waals surface area contributed by atoms with Crippen LogP contribution in [0.2, 0.25) is 5.28 Å². The minimum Gasteiger partial charge on any atom is -0.321 e. The van der Waals surface area contributed by atoms with Crippen molar-refractivity contribution in [2.24, 2.45) is 5.73 Å². The van der Waals surface area contributed by atoms with Crippen LogP contribution in [0.5, 0.6) is 0 Å². The lowest BCUT2D eigenvalue weighted by Gasteiger charge is -2.38. The summed E-state index contributed by atoms with van der Waals surface area (Å²) in [6.45, 7) is 0. The molecule has 1 aliphatic carbocycles. The van der Waals surface area contributed by atoms with Crippen LogP contribution < -0.4 is 5.73 Å². The van der Waals surface area contributed by atoms with Crippen LogP contribution in [0.15, 0.2) is 42.2 Å². The molecule has 0 radical (unpaired) electrons. The van der Waals surface area contributed by atoms with Gasteiger partial charge in [0, 0.05) is 17.4 Å². The third-order valence-electron chi connectivity index (χ3n) is 4.97. The second-order valence-corrected chi connectivity index (χ2v) is 7.77. The summed E-state index contributed by atoms with van der Waals surface area (Å²) in [6.07, 6.45) is 6.71. The van der Waals surface area contributed by atoms with Crippen LogP contribution in [-0.4, -0.2) is 24.5 Å². The average Bonchev–Trinajstić information content (AvgIpc) is 3.27. The van der Waals surface area contributed by atoms with Crippen molar-refractivity contribution in [1.29, 1.82) is 0 Å². The maximum Gasteiger partial charge on any atom is 0.224 e. The van der Waals surface area contributed by atoms with Gasteiger partial charge in [-0.05, 0) is 48.6 Å². The highest BCUT2D eigenvalue weighted by Gasteiger charge is 2.34. The molecule has 0 bridgehead atoms. The fourth-order valence-corrected chi connectivity index (χ4v) is 4.11. The third kappa shape index (κ3) is 2.43. The molecule has 0 spiro atoms. The van der Waals surface area contributed by atoms with Gasteiger partial charge in [0.1, 0.15) is 5.52 Å². The molecule has 3 aromatic heterocycles. The van der Waals surface area contributed by atoms with Gasteiger partial charge in [0.2, 0.25) is 5.28 Å². The summed E-state index contributed by atoms with van der Waals surface area (Å²) >= 11 is 7.56. The standard InChI is InChI=1S/C18H15ClN6S/c19-17-22-8-13-15(24-17)25(16(23-13)14-9-21-10-26-14)12-4-2-11(3-5-12)18(20)6-1-7-18/h2-5,8-10H,1,6-7,20H2. The summed E-state index contributed by atoms with van der Waals surface area (Å²) in [7, 11) is 0. The van der Waals surface area contributed by atoms with Crippen molar-refractivity contribution in [2.45, 2.75) is 24.8 Å². The Bertz CT molecular complexity index is 1080. The van der Waals surface area contributed by atoms with E-state index in [-0.39, 0.29) is 10.8 Å². The number of aromatic nitrogens is 5. The predicted octanol–water partition coefficient (Wildman–Crippen LogP) is 3.93. The fourth-order valence-electron chi connectivity index (χ4n) is 3.38. The van der Waals surface area contributed by atoms with E-state index in [1.54, 1.807) is 17.9 Å². The molecule has 0 aliphatic heterocycles. The fraction of sp³-hybridized carbons (Fsp3) is 0.222. The highest BCUT2D eigenvalue weighted by atomic mass is 35.5. The molecule has 130 valence electrons. The number of imidazole rings is 1. The lowest BCUT2D eigenvalue weighted by molar-refractivity contribution is 0.253. The van der Waals surface area contributed by atoms with Crippen molar-refractivity contribution >= 4 is 34.1 Å². The van der Waals surface area contributed by atoms with Crippen LogP contribution in [0.25, 0.3) is 27.6 Å². The molecule has 8 heteroatoms. The van der Waals surface area contributed by atoms with Crippen molar-refractivity contribution in [3.05, 3.63) is 53.0 Å². The second kappa shape index (κ2) is 5.84. The number of hydrogen-bond donors (Lipinski definition) is 1. The molecule has 5 rings (SSSR count). The maximum atomic E-state index is 6.45. The maximum absolute atomic E-state index is 6.45. The molecule has 0 unspecified atom stereocenters. The van der Waals surface area contributed by atoms with Gasteiger partial charge in [-0.15, -0.1) is 11.3 Å². The molecular weight excluding hydrogens is 368 g/mol. The molecule has 1 aliphatic rings. The normalized spacial score (nSPS) is 15.9. The van der Waals surface area contributed by atoms with Crippen molar-refractivity contribution in [3.63, 3.8) is 0 Å². The summed E-state index contributed by atoms with van der Waals surface area (Å²) in [5, 5.41) is 0.196. The van der Waals surface area contributed by atoms with E-state index in [1.165, 1.54) is 23.3 Å². The second-order valence-electron chi connectivity index (χ2n) is 6.54. The first-order valence-electron chi connectivity index (χ1n) is 8.34. The first-order chi connectivity index (χ1) is 12.6. The van der Waals surface area contributed by atoms with E-state index in [9.17, 15) is 0 Å². The number of nitrogens with two attached hydrogens (primary N) is 1. The smallest absolute Gasteiger partial charge is 0.224 e. The molecule has 0 atom stereocenters. The molecule has 3 heterocycles. The Labute approximate surface area is 158 Å². The molecule has 0 saturated heterocycles. The Kier molecular flexibility index (Phi) is 3.56. The van der Waals surface area contributed by atoms with Gasteiger partial charge in [0.05, 0.1) is 16.6 Å². The van der Waals surface area contributed by atoms with E-state index in [1.807, 2.05) is 4.57 Å². The van der Waals surface area contributed by atoms with Crippen molar-refractivity contribution in [2.75, 3.05) is 0 Å². The van der Waals surface area contributed by atoms with Gasteiger partial charge in [0.25, 0.3) is 0 Å². The van der Waals surface area contributed by atoms with Crippen LogP contribution in [0.3, 0.4) is 0 Å². The minimum atomic E-state index is -0.179. The zero-order valence-electron chi connectivity index (χ0n) is 13.8. The summed E-state index contributed by atoms with van der Waals surface area (Å²) in [4.78, 5) is 18.3. The van der Waals surface area contributed by atoms with Crippen LogP contribution in [0, 0.1) is 0 Å². The Morgan fingerprint density at radius 3 is 2.58 bits per heavy atom. The highest BCUT2D eigenvalue weighted by Crippen LogP contribution is 2.39. The van der Waals surface area contributed by atoms with Gasteiger partial charge >= 0.3 is 0 Å². The minimum absolute atomic E-state index is 0.179. The number of hydrogen-bond acceptors (Lipinski definition) is 6. The highest BCUT2D eigenvalue weighted by molar-refractivity contribution is 7.13. The number of fused-ring (bicyclic) bond motifs is 1. The topological polar surface area (TPSA) is 82.5 Å². The molecule has 2 N–H and O–H groups in total. The first-order valence-corrected chi connectivity index (χ1v) is 9.59. The molecule has 1 saturated carbocycles. The largest absolute Gasteiger partial charge is 0.321 e. The van der Waals surface area contributed by atoms with E-state index < -0.39 is 0 Å². The lowest BCUT2D eigenvalue weighted by Crippen LogP contribution is -2.43. The van der Waals surface area contributed by atoms with Gasteiger partial charge in [0.15, 0.2) is 11.5 Å². The van der Waals surface area contributed by atoms with E-state index >= 15 is 0 Å². The van der Waals surface area contributed by atoms with E-state index in [0.29, 0.717) is 11.2 Å². The van der Waals surface area contributed by atoms with Crippen LogP contribution >= 0.6 is 22.9 Å². The number of thiazole rings is 1. The summed E-state index contributed by atoms with van der Waals surface area (Å²) in [5.74, 6) is 0.776. The van der Waals surface area contributed by atoms with Crippen LogP contribution in [-0.2, 0) is 5.54 Å². The Morgan fingerprint density at radius 1 is 1.12 bits per heavy atom. The Morgan fingerprint density at radius 2 is 1.92 bits per heavy atom. The number of benzene rings is 1. The van der Waals surface area contributed by atoms with E-state index in [2.05, 4.69) is 39.2 Å². The quantitative estimate of drug-likeness (QED) is 0.543. The SMILES string of the molecule is NC1(c2ccc(-n3c(-c4cncs4)nc4cnc(Cl)nc43)cc2)CCC1. The van der Waals surface area contributed by atoms with Gasteiger partial charge in [-0.2, -0.15) is 4.98 Å². The average molecular weight is 383 g/mol. The van der Waals surface area contributed by atoms with Gasteiger partial charge < -0.3 is 5.73 Å². The lowest BCUT2D eigenvalue weighted by atomic mass is 9.73. The van der Waals surface area contributed by atoms with Crippen molar-refractivity contribution < 1.29 is 0 Å². The Balaban J connectivity index is 1.70. The first kappa shape index (κ1) is 15.9. The molecule has 0 amide bonds. The van der Waals surface area contributed by atoms with Crippen molar-refractivity contribution in [1.82, 2.24) is 24.5 Å². The van der Waals surface area contributed by atoms with E-state index in [0.717, 1.165) is 29.2 Å². The zero-order valence-corrected chi connectivity index (χ0v) is 15.3. The van der Waals surface area contributed by atoms with Gasteiger partial charge in [-0.1, -0.05) is 12.1 Å². The van der Waals surface area contributed by atoms with E-state index in [4.69, 9.17) is 22.3 Å². The van der Waals surface area contributed by atoms with Crippen LogP contribution in [0.4, 0.5) is 0 Å². The molecule has 4 aromatic rings. The third-order valence-corrected chi connectivity index (χ3v) is 5.92. The number of halogens is 1. The molecule has 1 fully saturated rings. The summed E-state index contributed by atoms with van der Waals surface area (Å²) < 4.78 is 1.99. The van der Waals surface area contributed by atoms with Crippen molar-refractivity contribution in [3.8, 4) is 16.4 Å². The molecular formula is C18H15ClN6S. The van der Waals surface area contributed by atoms with Gasteiger partial charge in [-0.25, -0.2) is 9.97 Å². The molecule has 6 nitrogen and oxygen atoms in total. The number of rotatable bonds is 3. The summed E-state index contributed by atoms with van der Waals surface area (Å²) in [5.41, 5.74) is 11.5. The zero-order chi connectivity index (χ0) is 17.7. The number of nitrogens with zero attached hydrogens (tertiary/aromatic N) is 5. The Hall–Kier alpha value is -2.35.